The molecule has 0 bridgehead atoms. The number of carboxylic acid groups (broad SMARTS) is 1. The second-order valence-electron chi connectivity index (χ2n) is 3.44. The average Bonchev–Trinajstić information content (AvgIpc) is 2.69. The summed E-state index contributed by atoms with van der Waals surface area (Å²) in [6.45, 7) is 0.161. The van der Waals surface area contributed by atoms with Gasteiger partial charge in [0.25, 0.3) is 0 Å². The van der Waals surface area contributed by atoms with Crippen molar-refractivity contribution < 1.29 is 39.1 Å². The molecular formula is C8H12FNO7. The first-order valence-electron chi connectivity index (χ1n) is 4.74. The van der Waals surface area contributed by atoms with E-state index >= 15 is 0 Å². The third-order valence-corrected chi connectivity index (χ3v) is 2.14. The van der Waals surface area contributed by atoms with Crippen LogP contribution in [0.15, 0.2) is 0 Å². The van der Waals surface area contributed by atoms with Crippen molar-refractivity contribution in [2.75, 3.05) is 13.1 Å². The lowest BCUT2D eigenvalue weighted by Crippen LogP contribution is -2.41. The van der Waals surface area contributed by atoms with Crippen molar-refractivity contribution in [3.63, 3.8) is 0 Å². The topological polar surface area (TPSA) is 125 Å². The van der Waals surface area contributed by atoms with Crippen LogP contribution in [-0.2, 0) is 19.4 Å². The second kappa shape index (κ2) is 5.87. The molecule has 8 nitrogen and oxygen atoms in total. The van der Waals surface area contributed by atoms with Crippen LogP contribution in [0.5, 0.6) is 0 Å². The Balaban J connectivity index is 2.36. The minimum Gasteiger partial charge on any atom is -0.479 e. The van der Waals surface area contributed by atoms with Crippen LogP contribution < -0.4 is 5.32 Å². The molecule has 0 amide bonds. The number of halogens is 1. The van der Waals surface area contributed by atoms with Gasteiger partial charge in [-0.3, -0.25) is 4.89 Å². The number of hydrogen-bond donors (Lipinski definition) is 4. The Morgan fingerprint density at radius 2 is 1.94 bits per heavy atom. The molecule has 4 atom stereocenters. The Morgan fingerprint density at radius 1 is 1.29 bits per heavy atom. The van der Waals surface area contributed by atoms with Crippen LogP contribution in [0.2, 0.25) is 0 Å². The summed E-state index contributed by atoms with van der Waals surface area (Å²) in [4.78, 5) is 29.6. The van der Waals surface area contributed by atoms with Gasteiger partial charge in [-0.25, -0.2) is 14.0 Å². The highest BCUT2D eigenvalue weighted by molar-refractivity contribution is 5.83. The van der Waals surface area contributed by atoms with Crippen LogP contribution in [0, 0.1) is 0 Å². The number of aliphatic carboxylic acids is 1. The van der Waals surface area contributed by atoms with Crippen molar-refractivity contribution in [1.82, 2.24) is 5.32 Å². The van der Waals surface area contributed by atoms with Gasteiger partial charge in [-0.1, -0.05) is 0 Å². The zero-order valence-electron chi connectivity index (χ0n) is 8.58. The molecule has 4 N–H and O–H groups in total. The lowest BCUT2D eigenvalue weighted by molar-refractivity contribution is -0.307. The summed E-state index contributed by atoms with van der Waals surface area (Å²) in [5, 5.41) is 28.7. The van der Waals surface area contributed by atoms with Crippen LogP contribution in [-0.4, -0.2) is 64.8 Å². The highest BCUT2D eigenvalue weighted by Crippen LogP contribution is 2.10. The van der Waals surface area contributed by atoms with Gasteiger partial charge in [0.2, 0.25) is 0 Å². The highest BCUT2D eigenvalue weighted by Gasteiger charge is 2.35. The van der Waals surface area contributed by atoms with Gasteiger partial charge in [0.15, 0.2) is 12.2 Å². The molecule has 0 saturated carbocycles. The third-order valence-electron chi connectivity index (χ3n) is 2.14. The molecule has 0 aliphatic carbocycles. The SMILES string of the molecule is O=C(O)[C@@H](O)[C@H](O)C(=O)OO[C@H]1CNC[C@@H]1F. The molecule has 1 aliphatic heterocycles. The molecule has 1 aliphatic rings. The van der Waals surface area contributed by atoms with Gasteiger partial charge in [-0.15, -0.1) is 0 Å². The summed E-state index contributed by atoms with van der Waals surface area (Å²) >= 11 is 0. The van der Waals surface area contributed by atoms with Gasteiger partial charge in [-0.2, -0.15) is 4.89 Å². The summed E-state index contributed by atoms with van der Waals surface area (Å²) in [5.74, 6) is -3.29. The van der Waals surface area contributed by atoms with E-state index in [0.29, 0.717) is 0 Å². The zero-order valence-corrected chi connectivity index (χ0v) is 8.58. The summed E-state index contributed by atoms with van der Waals surface area (Å²) in [7, 11) is 0. The van der Waals surface area contributed by atoms with Crippen molar-refractivity contribution in [2.24, 2.45) is 0 Å². The molecule has 0 unspecified atom stereocenters. The van der Waals surface area contributed by atoms with Crippen LogP contribution >= 0.6 is 0 Å². The Bertz CT molecular complexity index is 300. The lowest BCUT2D eigenvalue weighted by atomic mass is 10.2. The van der Waals surface area contributed by atoms with Crippen LogP contribution in [0.3, 0.4) is 0 Å². The number of carbonyl (C=O) groups is 2. The fourth-order valence-corrected chi connectivity index (χ4v) is 1.14. The molecule has 98 valence electrons. The van der Waals surface area contributed by atoms with E-state index in [4.69, 9.17) is 15.3 Å². The summed E-state index contributed by atoms with van der Waals surface area (Å²) in [5.41, 5.74) is 0. The number of aliphatic hydroxyl groups is 2. The summed E-state index contributed by atoms with van der Waals surface area (Å²) < 4.78 is 12.9. The van der Waals surface area contributed by atoms with Crippen LogP contribution in [0.1, 0.15) is 0 Å². The maximum absolute atomic E-state index is 12.9. The van der Waals surface area contributed by atoms with Crippen molar-refractivity contribution in [3.05, 3.63) is 0 Å². The fourth-order valence-electron chi connectivity index (χ4n) is 1.14. The maximum atomic E-state index is 12.9. The Hall–Kier alpha value is -1.29. The monoisotopic (exact) mass is 253 g/mol. The van der Waals surface area contributed by atoms with E-state index < -0.39 is 36.4 Å². The van der Waals surface area contributed by atoms with Gasteiger partial charge >= 0.3 is 11.9 Å². The van der Waals surface area contributed by atoms with Gasteiger partial charge in [-0.05, 0) is 0 Å². The van der Waals surface area contributed by atoms with Gasteiger partial charge in [0.05, 0.1) is 0 Å². The Kier molecular flexibility index (Phi) is 4.75. The molecule has 9 heteroatoms. The second-order valence-corrected chi connectivity index (χ2v) is 3.44. The van der Waals surface area contributed by atoms with Gasteiger partial charge in [0.1, 0.15) is 12.3 Å². The zero-order chi connectivity index (χ0) is 13.0. The molecule has 0 spiro atoms. The van der Waals surface area contributed by atoms with E-state index in [2.05, 4.69) is 15.1 Å². The predicted molar refractivity (Wildman–Crippen MR) is 48.4 cm³/mol. The number of carboxylic acids is 1. The molecule has 1 rings (SSSR count). The Morgan fingerprint density at radius 3 is 2.41 bits per heavy atom. The quantitative estimate of drug-likeness (QED) is 0.315. The number of nitrogens with one attached hydrogen (secondary N) is 1. The molecular weight excluding hydrogens is 241 g/mol. The van der Waals surface area contributed by atoms with Crippen molar-refractivity contribution >= 4 is 11.9 Å². The standard InChI is InChI=1S/C8H12FNO7/c9-3-1-10-2-4(3)16-17-8(15)6(12)5(11)7(13)14/h3-6,10-12H,1-2H2,(H,13,14)/t3-,4-,5-,6-/m0/s1. The molecule has 0 aromatic rings. The molecule has 1 saturated heterocycles. The van der Waals surface area contributed by atoms with Crippen molar-refractivity contribution in [3.8, 4) is 0 Å². The van der Waals surface area contributed by atoms with E-state index in [9.17, 15) is 14.0 Å². The number of alkyl halides is 1. The van der Waals surface area contributed by atoms with Gasteiger partial charge < -0.3 is 20.6 Å². The molecule has 1 fully saturated rings. The molecule has 0 radical (unpaired) electrons. The van der Waals surface area contributed by atoms with E-state index in [0.717, 1.165) is 0 Å². The lowest BCUT2D eigenvalue weighted by Gasteiger charge is -2.14. The first-order chi connectivity index (χ1) is 7.93. The first-order valence-corrected chi connectivity index (χ1v) is 4.74. The normalized spacial score (nSPS) is 27.5. The molecule has 0 aromatic heterocycles. The largest absolute Gasteiger partial charge is 0.479 e. The van der Waals surface area contributed by atoms with Crippen LogP contribution in [0.4, 0.5) is 4.39 Å². The minimum atomic E-state index is -2.33. The van der Waals surface area contributed by atoms with Crippen molar-refractivity contribution in [1.29, 1.82) is 0 Å². The number of aliphatic hydroxyl groups excluding tert-OH is 2. The molecule has 0 aromatic carbocycles. The average molecular weight is 253 g/mol. The molecule has 17 heavy (non-hydrogen) atoms. The predicted octanol–water partition coefficient (Wildman–Crippen LogP) is -2.42. The third kappa shape index (κ3) is 3.60. The number of hydrogen-bond acceptors (Lipinski definition) is 7. The summed E-state index contributed by atoms with van der Waals surface area (Å²) in [6, 6.07) is 0. The van der Waals surface area contributed by atoms with Crippen molar-refractivity contribution in [2.45, 2.75) is 24.5 Å². The first kappa shape index (κ1) is 13.8. The number of rotatable bonds is 5. The van der Waals surface area contributed by atoms with E-state index in [1.165, 1.54) is 0 Å². The minimum absolute atomic E-state index is 0.0442. The highest BCUT2D eigenvalue weighted by atomic mass is 19.1. The summed E-state index contributed by atoms with van der Waals surface area (Å²) in [6.07, 6.45) is -7.01. The number of carbonyl (C=O) groups excluding carboxylic acids is 1. The van der Waals surface area contributed by atoms with E-state index in [1.807, 2.05) is 0 Å². The van der Waals surface area contributed by atoms with E-state index in [-0.39, 0.29) is 13.1 Å². The van der Waals surface area contributed by atoms with E-state index in [1.54, 1.807) is 0 Å². The van der Waals surface area contributed by atoms with Crippen LogP contribution in [0.25, 0.3) is 0 Å². The smallest absolute Gasteiger partial charge is 0.373 e. The molecule has 1 heterocycles. The fraction of sp³-hybridized carbons (Fsp3) is 0.750. The Labute approximate surface area is 94.9 Å². The van der Waals surface area contributed by atoms with Gasteiger partial charge in [0, 0.05) is 13.1 Å². The maximum Gasteiger partial charge on any atom is 0.373 e.